The van der Waals surface area contributed by atoms with Crippen LogP contribution in [0, 0.1) is 0 Å². The molecular formula is C15H13ClN2O3. The van der Waals surface area contributed by atoms with E-state index in [0.29, 0.717) is 16.3 Å². The summed E-state index contributed by atoms with van der Waals surface area (Å²) in [6.07, 6.45) is 1.56. The first-order valence-corrected chi connectivity index (χ1v) is 6.51. The first-order valence-electron chi connectivity index (χ1n) is 6.13. The fraction of sp³-hybridized carbons (Fsp3) is 0.0667. The van der Waals surface area contributed by atoms with Crippen LogP contribution in [0.1, 0.15) is 5.56 Å². The van der Waals surface area contributed by atoms with Crippen LogP contribution in [0.3, 0.4) is 0 Å². The maximum Gasteiger partial charge on any atom is 0.341 e. The molecule has 2 aromatic rings. The molecule has 5 nitrogen and oxygen atoms in total. The zero-order valence-corrected chi connectivity index (χ0v) is 11.7. The summed E-state index contributed by atoms with van der Waals surface area (Å²) in [4.78, 5) is 10.5. The van der Waals surface area contributed by atoms with Crippen molar-refractivity contribution in [1.82, 2.24) is 0 Å². The van der Waals surface area contributed by atoms with Gasteiger partial charge in [0, 0.05) is 10.6 Å². The van der Waals surface area contributed by atoms with E-state index >= 15 is 0 Å². The second kappa shape index (κ2) is 7.31. The van der Waals surface area contributed by atoms with Gasteiger partial charge >= 0.3 is 5.97 Å². The minimum absolute atomic E-state index is 0.393. The number of nitrogens with one attached hydrogen (secondary N) is 1. The molecule has 0 fully saturated rings. The molecule has 2 aromatic carbocycles. The molecule has 0 heterocycles. The molecule has 0 radical (unpaired) electrons. The second-order valence-corrected chi connectivity index (χ2v) is 4.53. The number of rotatable bonds is 6. The van der Waals surface area contributed by atoms with Crippen LogP contribution >= 0.6 is 11.6 Å². The van der Waals surface area contributed by atoms with E-state index in [-0.39, 0.29) is 0 Å². The van der Waals surface area contributed by atoms with Gasteiger partial charge in [0.05, 0.1) is 11.9 Å². The maximum absolute atomic E-state index is 10.5. The maximum atomic E-state index is 10.5. The first-order chi connectivity index (χ1) is 10.1. The molecule has 2 rings (SSSR count). The van der Waals surface area contributed by atoms with E-state index in [1.807, 2.05) is 6.07 Å². The molecule has 0 bridgehead atoms. The number of hydrogen-bond donors (Lipinski definition) is 2. The zero-order valence-electron chi connectivity index (χ0n) is 11.0. The van der Waals surface area contributed by atoms with Crippen LogP contribution in [0.2, 0.25) is 5.02 Å². The molecule has 2 N–H and O–H groups in total. The topological polar surface area (TPSA) is 70.9 Å². The first kappa shape index (κ1) is 14.9. The van der Waals surface area contributed by atoms with Gasteiger partial charge in [0.2, 0.25) is 0 Å². The number of ether oxygens (including phenoxy) is 1. The molecule has 0 atom stereocenters. The third-order valence-corrected chi connectivity index (χ3v) is 2.76. The summed E-state index contributed by atoms with van der Waals surface area (Å²) in [6, 6.07) is 14.2. The number of aliphatic carboxylic acids is 1. The summed E-state index contributed by atoms with van der Waals surface area (Å²) in [5.41, 5.74) is 4.32. The smallest absolute Gasteiger partial charge is 0.341 e. The lowest BCUT2D eigenvalue weighted by molar-refractivity contribution is -0.139. The minimum atomic E-state index is -1.03. The van der Waals surface area contributed by atoms with Crippen LogP contribution in [0.25, 0.3) is 0 Å². The Hall–Kier alpha value is -2.53. The van der Waals surface area contributed by atoms with Crippen LogP contribution in [0.5, 0.6) is 5.75 Å². The van der Waals surface area contributed by atoms with Crippen LogP contribution < -0.4 is 10.2 Å². The molecule has 21 heavy (non-hydrogen) atoms. The van der Waals surface area contributed by atoms with Gasteiger partial charge in [-0.25, -0.2) is 4.79 Å². The fourth-order valence-corrected chi connectivity index (χ4v) is 1.68. The number of carboxylic acid groups (broad SMARTS) is 1. The zero-order chi connectivity index (χ0) is 15.1. The summed E-state index contributed by atoms with van der Waals surface area (Å²) >= 11 is 5.79. The van der Waals surface area contributed by atoms with Crippen molar-refractivity contribution in [3.8, 4) is 5.75 Å². The molecule has 0 saturated heterocycles. The highest BCUT2D eigenvalue weighted by atomic mass is 35.5. The van der Waals surface area contributed by atoms with E-state index in [2.05, 4.69) is 10.5 Å². The molecular weight excluding hydrogens is 292 g/mol. The van der Waals surface area contributed by atoms with E-state index in [1.54, 1.807) is 48.7 Å². The Morgan fingerprint density at radius 2 is 1.95 bits per heavy atom. The third-order valence-electron chi connectivity index (χ3n) is 2.51. The Morgan fingerprint density at radius 1 is 1.24 bits per heavy atom. The molecule has 0 spiro atoms. The van der Waals surface area contributed by atoms with Crippen molar-refractivity contribution in [2.24, 2.45) is 5.10 Å². The normalized spacial score (nSPS) is 10.5. The number of anilines is 1. The summed E-state index contributed by atoms with van der Waals surface area (Å²) in [6.45, 7) is -0.393. The van der Waals surface area contributed by atoms with Gasteiger partial charge in [-0.15, -0.1) is 0 Å². The second-order valence-electron chi connectivity index (χ2n) is 4.10. The number of hydrazone groups is 1. The van der Waals surface area contributed by atoms with Crippen LogP contribution in [-0.2, 0) is 4.79 Å². The van der Waals surface area contributed by atoms with Crippen LogP contribution in [-0.4, -0.2) is 23.9 Å². The Morgan fingerprint density at radius 3 is 2.67 bits per heavy atom. The summed E-state index contributed by atoms with van der Waals surface area (Å²) in [5.74, 6) is -0.567. The standard InChI is InChI=1S/C15H13ClN2O3/c16-12-5-7-13(8-6-12)18-17-9-11-3-1-2-4-14(11)21-10-15(19)20/h1-9,18H,10H2,(H,19,20)/b17-9-. The largest absolute Gasteiger partial charge is 0.481 e. The average Bonchev–Trinajstić information content (AvgIpc) is 2.48. The van der Waals surface area contributed by atoms with Crippen LogP contribution in [0.15, 0.2) is 53.6 Å². The van der Waals surface area contributed by atoms with Gasteiger partial charge < -0.3 is 9.84 Å². The SMILES string of the molecule is O=C(O)COc1ccccc1/C=N\Nc1ccc(Cl)cc1. The number of nitrogens with zero attached hydrogens (tertiary/aromatic N) is 1. The van der Waals surface area contributed by atoms with Crippen molar-refractivity contribution in [1.29, 1.82) is 0 Å². The molecule has 108 valence electrons. The average molecular weight is 305 g/mol. The van der Waals surface area contributed by atoms with Crippen LogP contribution in [0.4, 0.5) is 5.69 Å². The van der Waals surface area contributed by atoms with Crippen molar-refractivity contribution in [2.45, 2.75) is 0 Å². The quantitative estimate of drug-likeness (QED) is 0.635. The van der Waals surface area contributed by atoms with E-state index in [9.17, 15) is 4.79 Å². The molecule has 0 aliphatic heterocycles. The summed E-state index contributed by atoms with van der Waals surface area (Å²) in [7, 11) is 0. The van der Waals surface area contributed by atoms with Crippen molar-refractivity contribution < 1.29 is 14.6 Å². The van der Waals surface area contributed by atoms with Gasteiger partial charge in [-0.05, 0) is 36.4 Å². The lowest BCUT2D eigenvalue weighted by atomic mass is 10.2. The number of benzene rings is 2. The highest BCUT2D eigenvalue weighted by Gasteiger charge is 2.03. The summed E-state index contributed by atoms with van der Waals surface area (Å²) in [5, 5.41) is 13.4. The van der Waals surface area contributed by atoms with E-state index in [1.165, 1.54) is 0 Å². The fourth-order valence-electron chi connectivity index (χ4n) is 1.56. The monoisotopic (exact) mass is 304 g/mol. The number of para-hydroxylation sites is 1. The van der Waals surface area contributed by atoms with Crippen molar-refractivity contribution in [3.63, 3.8) is 0 Å². The van der Waals surface area contributed by atoms with Gasteiger partial charge in [0.25, 0.3) is 0 Å². The molecule has 0 aliphatic carbocycles. The molecule has 6 heteroatoms. The summed E-state index contributed by atoms with van der Waals surface area (Å²) < 4.78 is 5.18. The molecule has 0 saturated carbocycles. The highest BCUT2D eigenvalue weighted by molar-refractivity contribution is 6.30. The Labute approximate surface area is 126 Å². The number of halogens is 1. The van der Waals surface area contributed by atoms with E-state index < -0.39 is 12.6 Å². The van der Waals surface area contributed by atoms with Gasteiger partial charge in [-0.1, -0.05) is 23.7 Å². The van der Waals surface area contributed by atoms with Crippen molar-refractivity contribution in [3.05, 3.63) is 59.1 Å². The third kappa shape index (κ3) is 4.81. The van der Waals surface area contributed by atoms with Gasteiger partial charge in [0.1, 0.15) is 5.75 Å². The number of carbonyl (C=O) groups is 1. The molecule has 0 aromatic heterocycles. The highest BCUT2D eigenvalue weighted by Crippen LogP contribution is 2.16. The lowest BCUT2D eigenvalue weighted by Crippen LogP contribution is -2.10. The van der Waals surface area contributed by atoms with Gasteiger partial charge in [-0.3, -0.25) is 5.43 Å². The Bertz CT molecular complexity index is 642. The lowest BCUT2D eigenvalue weighted by Gasteiger charge is -2.06. The number of carboxylic acids is 1. The Kier molecular flexibility index (Phi) is 5.17. The van der Waals surface area contributed by atoms with Gasteiger partial charge in [0.15, 0.2) is 6.61 Å². The van der Waals surface area contributed by atoms with E-state index in [0.717, 1.165) is 5.69 Å². The number of hydrogen-bond acceptors (Lipinski definition) is 4. The predicted octanol–water partition coefficient (Wildman–Crippen LogP) is 3.25. The Balaban J connectivity index is 2.03. The predicted molar refractivity (Wildman–Crippen MR) is 82.2 cm³/mol. The molecule has 0 unspecified atom stereocenters. The van der Waals surface area contributed by atoms with Crippen molar-refractivity contribution >= 4 is 29.5 Å². The minimum Gasteiger partial charge on any atom is -0.481 e. The molecule has 0 amide bonds. The molecule has 0 aliphatic rings. The van der Waals surface area contributed by atoms with Gasteiger partial charge in [-0.2, -0.15) is 5.10 Å². The van der Waals surface area contributed by atoms with Crippen molar-refractivity contribution in [2.75, 3.05) is 12.0 Å². The van der Waals surface area contributed by atoms with E-state index in [4.69, 9.17) is 21.4 Å².